The van der Waals surface area contributed by atoms with Gasteiger partial charge in [0, 0.05) is 47.6 Å². The second-order valence-electron chi connectivity index (χ2n) is 12.0. The predicted molar refractivity (Wildman–Crippen MR) is 199 cm³/mol. The minimum absolute atomic E-state index is 0.600. The molecule has 3 heterocycles. The van der Waals surface area contributed by atoms with Crippen molar-refractivity contribution in [1.29, 1.82) is 0 Å². The molecule has 7 aromatic carbocycles. The van der Waals surface area contributed by atoms with Gasteiger partial charge in [0.1, 0.15) is 11.2 Å². The van der Waals surface area contributed by atoms with Crippen molar-refractivity contribution in [3.8, 4) is 45.3 Å². The molecule has 10 aromatic rings. The van der Waals surface area contributed by atoms with Gasteiger partial charge in [0.25, 0.3) is 0 Å². The van der Waals surface area contributed by atoms with E-state index in [9.17, 15) is 0 Å². The van der Waals surface area contributed by atoms with Gasteiger partial charge in [0.2, 0.25) is 0 Å². The molecule has 3 aromatic heterocycles. The Hall–Kier alpha value is -6.17. The van der Waals surface area contributed by atoms with E-state index in [1.165, 1.54) is 36.5 Å². The summed E-state index contributed by atoms with van der Waals surface area (Å²) in [6, 6.07) is 52.7. The van der Waals surface area contributed by atoms with E-state index in [-0.39, 0.29) is 0 Å². The first-order valence-electron chi connectivity index (χ1n) is 15.9. The van der Waals surface area contributed by atoms with E-state index < -0.39 is 0 Å². The standard InChI is InChI=1S/C43H25N3OS/c1-2-10-27(11-3-1)41-44-42(46-43(45-41)30-20-22-33-32-15-4-6-18-35(32)47-36(33)25-30)29-14-8-13-28(24-29)31-17-9-12-26-21-23-38-40(39(26)31)34-16-5-7-19-37(34)48-38/h1-25H. The molecular formula is C43H25N3OS. The Labute approximate surface area is 279 Å². The van der Waals surface area contributed by atoms with Crippen LogP contribution >= 0.6 is 11.3 Å². The molecule has 5 heteroatoms. The van der Waals surface area contributed by atoms with Crippen LogP contribution in [0.15, 0.2) is 156 Å². The van der Waals surface area contributed by atoms with Crippen molar-refractivity contribution in [2.75, 3.05) is 0 Å². The Morgan fingerprint density at radius 3 is 1.94 bits per heavy atom. The molecule has 0 fully saturated rings. The van der Waals surface area contributed by atoms with Gasteiger partial charge in [-0.3, -0.25) is 0 Å². The third-order valence-corrected chi connectivity index (χ3v) is 10.3. The molecule has 0 aliphatic rings. The largest absolute Gasteiger partial charge is 0.456 e. The summed E-state index contributed by atoms with van der Waals surface area (Å²) in [4.78, 5) is 15.1. The molecular weight excluding hydrogens is 607 g/mol. The number of furan rings is 1. The molecule has 10 rings (SSSR count). The van der Waals surface area contributed by atoms with E-state index >= 15 is 0 Å². The molecule has 0 spiro atoms. The molecule has 0 saturated heterocycles. The molecule has 4 nitrogen and oxygen atoms in total. The number of hydrogen-bond acceptors (Lipinski definition) is 5. The zero-order valence-corrected chi connectivity index (χ0v) is 26.4. The lowest BCUT2D eigenvalue weighted by Crippen LogP contribution is -2.00. The summed E-state index contributed by atoms with van der Waals surface area (Å²) in [6.07, 6.45) is 0. The molecule has 0 atom stereocenters. The summed E-state index contributed by atoms with van der Waals surface area (Å²) in [5, 5.41) is 7.26. The average molecular weight is 632 g/mol. The summed E-state index contributed by atoms with van der Waals surface area (Å²) >= 11 is 1.85. The number of thiophene rings is 1. The molecule has 224 valence electrons. The second kappa shape index (κ2) is 10.7. The van der Waals surface area contributed by atoms with Crippen LogP contribution in [0.4, 0.5) is 0 Å². The smallest absolute Gasteiger partial charge is 0.164 e. The molecule has 48 heavy (non-hydrogen) atoms. The maximum Gasteiger partial charge on any atom is 0.164 e. The zero-order valence-electron chi connectivity index (χ0n) is 25.6. The van der Waals surface area contributed by atoms with Crippen molar-refractivity contribution in [2.45, 2.75) is 0 Å². The lowest BCUT2D eigenvalue weighted by atomic mass is 9.94. The molecule has 0 unspecified atom stereocenters. The number of benzene rings is 7. The monoisotopic (exact) mass is 631 g/mol. The van der Waals surface area contributed by atoms with Crippen LogP contribution in [0.2, 0.25) is 0 Å². The van der Waals surface area contributed by atoms with Crippen LogP contribution in [0, 0.1) is 0 Å². The van der Waals surface area contributed by atoms with Crippen molar-refractivity contribution >= 4 is 64.2 Å². The van der Waals surface area contributed by atoms with E-state index in [0.29, 0.717) is 17.5 Å². The minimum atomic E-state index is 0.600. The summed E-state index contributed by atoms with van der Waals surface area (Å²) in [6.45, 7) is 0. The van der Waals surface area contributed by atoms with E-state index in [2.05, 4.69) is 97.1 Å². The number of para-hydroxylation sites is 1. The van der Waals surface area contributed by atoms with Gasteiger partial charge >= 0.3 is 0 Å². The normalized spacial score (nSPS) is 11.8. The van der Waals surface area contributed by atoms with Crippen LogP contribution in [-0.2, 0) is 0 Å². The Morgan fingerprint density at radius 2 is 1.06 bits per heavy atom. The molecule has 0 bridgehead atoms. The Bertz CT molecular complexity index is 2850. The molecule has 0 saturated carbocycles. The van der Waals surface area contributed by atoms with Crippen LogP contribution in [0.5, 0.6) is 0 Å². The van der Waals surface area contributed by atoms with Crippen molar-refractivity contribution in [1.82, 2.24) is 15.0 Å². The maximum atomic E-state index is 6.23. The molecule has 0 amide bonds. The fraction of sp³-hybridized carbons (Fsp3) is 0. The predicted octanol–water partition coefficient (Wildman–Crippen LogP) is 12.0. The van der Waals surface area contributed by atoms with Crippen molar-refractivity contribution < 1.29 is 4.42 Å². The SMILES string of the molecule is c1ccc(-c2nc(-c3cccc(-c4cccc5ccc6sc7ccccc7c6c45)c3)nc(-c3ccc4c(c3)oc3ccccc34)n2)cc1. The van der Waals surface area contributed by atoms with Gasteiger partial charge in [0.15, 0.2) is 17.5 Å². The fourth-order valence-electron chi connectivity index (χ4n) is 6.87. The number of nitrogens with zero attached hydrogens (tertiary/aromatic N) is 3. The van der Waals surface area contributed by atoms with Gasteiger partial charge in [-0.15, -0.1) is 11.3 Å². The Balaban J connectivity index is 1.16. The number of fused-ring (bicyclic) bond motifs is 8. The third-order valence-electron chi connectivity index (χ3n) is 9.12. The molecule has 0 N–H and O–H groups in total. The summed E-state index contributed by atoms with van der Waals surface area (Å²) in [5.74, 6) is 1.85. The van der Waals surface area contributed by atoms with Gasteiger partial charge < -0.3 is 4.42 Å². The van der Waals surface area contributed by atoms with Crippen LogP contribution < -0.4 is 0 Å². The van der Waals surface area contributed by atoms with Gasteiger partial charge in [-0.25, -0.2) is 15.0 Å². The highest BCUT2D eigenvalue weighted by molar-refractivity contribution is 7.26. The lowest BCUT2D eigenvalue weighted by Gasteiger charge is -2.12. The van der Waals surface area contributed by atoms with E-state index in [4.69, 9.17) is 19.4 Å². The van der Waals surface area contributed by atoms with Crippen LogP contribution in [0.25, 0.3) is 98.2 Å². The van der Waals surface area contributed by atoms with Gasteiger partial charge in [-0.1, -0.05) is 115 Å². The topological polar surface area (TPSA) is 51.8 Å². The van der Waals surface area contributed by atoms with Crippen molar-refractivity contribution in [3.63, 3.8) is 0 Å². The quantitative estimate of drug-likeness (QED) is 0.194. The maximum absolute atomic E-state index is 6.23. The summed E-state index contributed by atoms with van der Waals surface area (Å²) in [7, 11) is 0. The van der Waals surface area contributed by atoms with Crippen molar-refractivity contribution in [2.24, 2.45) is 0 Å². The van der Waals surface area contributed by atoms with E-state index in [1.54, 1.807) is 0 Å². The Kier molecular flexibility index (Phi) is 6.01. The first kappa shape index (κ1) is 27.0. The number of hydrogen-bond donors (Lipinski definition) is 0. The summed E-state index contributed by atoms with van der Waals surface area (Å²) in [5.41, 5.74) is 6.72. The van der Waals surface area contributed by atoms with Crippen molar-refractivity contribution in [3.05, 3.63) is 152 Å². The van der Waals surface area contributed by atoms with Gasteiger partial charge in [0.05, 0.1) is 0 Å². The Morgan fingerprint density at radius 1 is 0.396 bits per heavy atom. The van der Waals surface area contributed by atoms with E-state index in [1.807, 2.05) is 65.9 Å². The van der Waals surface area contributed by atoms with Crippen LogP contribution in [0.1, 0.15) is 0 Å². The van der Waals surface area contributed by atoms with E-state index in [0.717, 1.165) is 44.2 Å². The van der Waals surface area contributed by atoms with Gasteiger partial charge in [-0.05, 0) is 58.3 Å². The average Bonchev–Trinajstić information content (AvgIpc) is 3.73. The highest BCUT2D eigenvalue weighted by Crippen LogP contribution is 2.42. The highest BCUT2D eigenvalue weighted by Gasteiger charge is 2.17. The highest BCUT2D eigenvalue weighted by atomic mass is 32.1. The molecule has 0 aliphatic carbocycles. The molecule has 0 radical (unpaired) electrons. The molecule has 0 aliphatic heterocycles. The second-order valence-corrected chi connectivity index (χ2v) is 13.1. The van der Waals surface area contributed by atoms with Gasteiger partial charge in [-0.2, -0.15) is 0 Å². The number of rotatable bonds is 4. The number of aromatic nitrogens is 3. The van der Waals surface area contributed by atoms with Crippen LogP contribution in [-0.4, -0.2) is 15.0 Å². The van der Waals surface area contributed by atoms with Crippen LogP contribution in [0.3, 0.4) is 0 Å². The third kappa shape index (κ3) is 4.33. The zero-order chi connectivity index (χ0) is 31.6. The minimum Gasteiger partial charge on any atom is -0.456 e. The lowest BCUT2D eigenvalue weighted by molar-refractivity contribution is 0.669. The first-order chi connectivity index (χ1) is 23.8. The fourth-order valence-corrected chi connectivity index (χ4v) is 7.99. The first-order valence-corrected chi connectivity index (χ1v) is 16.8. The summed E-state index contributed by atoms with van der Waals surface area (Å²) < 4.78 is 8.82.